The molecule has 20 heavy (non-hydrogen) atoms. The molecule has 0 N–H and O–H groups in total. The lowest BCUT2D eigenvalue weighted by Gasteiger charge is -2.08. The Morgan fingerprint density at radius 3 is 3.05 bits per heavy atom. The van der Waals surface area contributed by atoms with Gasteiger partial charge in [-0.2, -0.15) is 0 Å². The number of halogens is 1. The van der Waals surface area contributed by atoms with Crippen LogP contribution in [0.25, 0.3) is 10.9 Å². The van der Waals surface area contributed by atoms with Crippen LogP contribution in [0.15, 0.2) is 42.6 Å². The molecule has 0 aliphatic heterocycles. The third-order valence-corrected chi connectivity index (χ3v) is 3.67. The second-order valence-corrected chi connectivity index (χ2v) is 4.99. The van der Waals surface area contributed by atoms with Crippen LogP contribution in [0.5, 0.6) is 5.75 Å². The molecule has 0 aliphatic carbocycles. The molecule has 0 unspecified atom stereocenters. The molecule has 1 aromatic carbocycles. The Bertz CT molecular complexity index is 640. The molecule has 104 valence electrons. The molecule has 0 aliphatic rings. The lowest BCUT2D eigenvalue weighted by atomic mass is 10.2. The second-order valence-electron chi connectivity index (χ2n) is 3.91. The van der Waals surface area contributed by atoms with Crippen LogP contribution < -0.4 is 4.74 Å². The minimum atomic E-state index is -0.353. The van der Waals surface area contributed by atoms with Crippen LogP contribution in [0.4, 0.5) is 0 Å². The number of carbonyl (C=O) groups is 1. The van der Waals surface area contributed by atoms with E-state index >= 15 is 0 Å². The zero-order valence-corrected chi connectivity index (χ0v) is 13.2. The van der Waals surface area contributed by atoms with E-state index < -0.39 is 0 Å². The number of pyridine rings is 1. The molecule has 5 heteroatoms. The molecule has 2 aromatic rings. The van der Waals surface area contributed by atoms with E-state index in [1.54, 1.807) is 19.2 Å². The number of hydrogen-bond donors (Lipinski definition) is 0. The van der Waals surface area contributed by atoms with Crippen molar-refractivity contribution >= 4 is 39.5 Å². The number of ether oxygens (including phenoxy) is 2. The molecule has 0 bridgehead atoms. The summed E-state index contributed by atoms with van der Waals surface area (Å²) in [6.07, 6.45) is 4.78. The Balaban J connectivity index is 2.03. The number of fused-ring (bicyclic) bond motifs is 1. The lowest BCUT2D eigenvalue weighted by molar-refractivity contribution is -0.137. The fourth-order valence-electron chi connectivity index (χ4n) is 1.68. The van der Waals surface area contributed by atoms with Gasteiger partial charge in [0.05, 0.1) is 15.7 Å². The van der Waals surface area contributed by atoms with Gasteiger partial charge in [0.2, 0.25) is 0 Å². The Morgan fingerprint density at radius 1 is 1.40 bits per heavy atom. The van der Waals surface area contributed by atoms with Crippen LogP contribution >= 0.6 is 22.6 Å². The van der Waals surface area contributed by atoms with Crippen molar-refractivity contribution in [1.82, 2.24) is 4.98 Å². The third-order valence-electron chi connectivity index (χ3n) is 2.56. The third kappa shape index (κ3) is 3.69. The highest BCUT2D eigenvalue weighted by atomic mass is 127. The standard InChI is InChI=1S/C15H14INO3/c1-2-19-14(18)6-4-10-20-13-8-7-12-11(15(13)16)5-3-9-17-12/h3-9H,2,10H2,1H3/b6-4+. The van der Waals surface area contributed by atoms with Crippen LogP contribution in [0.2, 0.25) is 0 Å². The van der Waals surface area contributed by atoms with Crippen LogP contribution in [0.3, 0.4) is 0 Å². The SMILES string of the molecule is CCOC(=O)/C=C/COc1ccc2ncccc2c1I. The Labute approximate surface area is 130 Å². The van der Waals surface area contributed by atoms with Gasteiger partial charge in [0, 0.05) is 17.7 Å². The number of rotatable bonds is 5. The minimum Gasteiger partial charge on any atom is -0.488 e. The van der Waals surface area contributed by atoms with Crippen molar-refractivity contribution in [2.75, 3.05) is 13.2 Å². The van der Waals surface area contributed by atoms with Crippen molar-refractivity contribution in [1.29, 1.82) is 0 Å². The number of carbonyl (C=O) groups excluding carboxylic acids is 1. The van der Waals surface area contributed by atoms with Crippen LogP contribution in [-0.4, -0.2) is 24.2 Å². The van der Waals surface area contributed by atoms with Crippen molar-refractivity contribution in [3.8, 4) is 5.75 Å². The van der Waals surface area contributed by atoms with E-state index in [2.05, 4.69) is 27.6 Å². The number of hydrogen-bond acceptors (Lipinski definition) is 4. The Morgan fingerprint density at radius 2 is 2.25 bits per heavy atom. The summed E-state index contributed by atoms with van der Waals surface area (Å²) in [5, 5.41) is 1.06. The molecule has 0 saturated heterocycles. The molecule has 0 fully saturated rings. The number of aromatic nitrogens is 1. The van der Waals surface area contributed by atoms with E-state index in [4.69, 9.17) is 9.47 Å². The van der Waals surface area contributed by atoms with Gasteiger partial charge in [-0.1, -0.05) is 6.07 Å². The monoisotopic (exact) mass is 383 g/mol. The minimum absolute atomic E-state index is 0.320. The number of nitrogens with zero attached hydrogens (tertiary/aromatic N) is 1. The summed E-state index contributed by atoms with van der Waals surface area (Å²) in [5.41, 5.74) is 0.936. The predicted molar refractivity (Wildman–Crippen MR) is 85.7 cm³/mol. The second kappa shape index (κ2) is 7.23. The highest BCUT2D eigenvalue weighted by Crippen LogP contribution is 2.28. The van der Waals surface area contributed by atoms with Gasteiger partial charge < -0.3 is 9.47 Å². The number of esters is 1. The largest absolute Gasteiger partial charge is 0.488 e. The number of benzene rings is 1. The molecular formula is C15H14INO3. The molecule has 1 aromatic heterocycles. The van der Waals surface area contributed by atoms with Crippen LogP contribution in [0.1, 0.15) is 6.92 Å². The average molecular weight is 383 g/mol. The van der Waals surface area contributed by atoms with Crippen LogP contribution in [-0.2, 0) is 9.53 Å². The highest BCUT2D eigenvalue weighted by Gasteiger charge is 2.05. The molecule has 0 radical (unpaired) electrons. The summed E-state index contributed by atoms with van der Waals surface area (Å²) in [5.74, 6) is 0.424. The summed E-state index contributed by atoms with van der Waals surface area (Å²) < 4.78 is 11.4. The van der Waals surface area contributed by atoms with Crippen molar-refractivity contribution in [3.05, 3.63) is 46.2 Å². The van der Waals surface area contributed by atoms with Crippen molar-refractivity contribution in [2.24, 2.45) is 0 Å². The fraction of sp³-hybridized carbons (Fsp3) is 0.200. The maximum absolute atomic E-state index is 11.1. The van der Waals surface area contributed by atoms with E-state index in [1.807, 2.05) is 24.3 Å². The van der Waals surface area contributed by atoms with Crippen LogP contribution in [0, 0.1) is 3.57 Å². The van der Waals surface area contributed by atoms with Gasteiger partial charge in [-0.05, 0) is 53.8 Å². The van der Waals surface area contributed by atoms with E-state index in [-0.39, 0.29) is 5.97 Å². The van der Waals surface area contributed by atoms with Crippen molar-refractivity contribution in [2.45, 2.75) is 6.92 Å². The molecule has 0 spiro atoms. The highest BCUT2D eigenvalue weighted by molar-refractivity contribution is 14.1. The van der Waals surface area contributed by atoms with Crippen molar-refractivity contribution < 1.29 is 14.3 Å². The molecule has 2 rings (SSSR count). The topological polar surface area (TPSA) is 48.4 Å². The first kappa shape index (κ1) is 14.8. The first-order chi connectivity index (χ1) is 9.72. The van der Waals surface area contributed by atoms with Gasteiger partial charge in [-0.15, -0.1) is 0 Å². The normalized spacial score (nSPS) is 10.9. The summed E-state index contributed by atoms with van der Waals surface area (Å²) >= 11 is 2.24. The van der Waals surface area contributed by atoms with Crippen molar-refractivity contribution in [3.63, 3.8) is 0 Å². The smallest absolute Gasteiger partial charge is 0.330 e. The molecule has 0 amide bonds. The van der Waals surface area contributed by atoms with Gasteiger partial charge in [0.1, 0.15) is 12.4 Å². The average Bonchev–Trinajstić information content (AvgIpc) is 2.46. The van der Waals surface area contributed by atoms with Gasteiger partial charge in [-0.25, -0.2) is 4.79 Å². The first-order valence-corrected chi connectivity index (χ1v) is 7.29. The Hall–Kier alpha value is -1.63. The van der Waals surface area contributed by atoms with E-state index in [0.717, 1.165) is 20.2 Å². The first-order valence-electron chi connectivity index (χ1n) is 6.21. The van der Waals surface area contributed by atoms with E-state index in [9.17, 15) is 4.79 Å². The summed E-state index contributed by atoms with van der Waals surface area (Å²) in [7, 11) is 0. The maximum atomic E-state index is 11.1. The maximum Gasteiger partial charge on any atom is 0.330 e. The molecular weight excluding hydrogens is 369 g/mol. The zero-order valence-electron chi connectivity index (χ0n) is 11.0. The van der Waals surface area contributed by atoms with Gasteiger partial charge in [0.25, 0.3) is 0 Å². The van der Waals surface area contributed by atoms with E-state index in [0.29, 0.717) is 13.2 Å². The van der Waals surface area contributed by atoms with E-state index in [1.165, 1.54) is 6.08 Å². The lowest BCUT2D eigenvalue weighted by Crippen LogP contribution is -2.01. The quantitative estimate of drug-likeness (QED) is 0.452. The molecule has 1 heterocycles. The summed E-state index contributed by atoms with van der Waals surface area (Å²) in [4.78, 5) is 15.4. The van der Waals surface area contributed by atoms with Gasteiger partial charge in [-0.3, -0.25) is 4.98 Å². The van der Waals surface area contributed by atoms with Gasteiger partial charge in [0.15, 0.2) is 0 Å². The molecule has 0 atom stereocenters. The summed E-state index contributed by atoms with van der Waals surface area (Å²) in [6.45, 7) is 2.47. The fourth-order valence-corrected chi connectivity index (χ4v) is 2.47. The molecule has 4 nitrogen and oxygen atoms in total. The summed E-state index contributed by atoms with van der Waals surface area (Å²) in [6, 6.07) is 7.71. The zero-order chi connectivity index (χ0) is 14.4. The molecule has 0 saturated carbocycles. The van der Waals surface area contributed by atoms with Gasteiger partial charge >= 0.3 is 5.97 Å². The Kier molecular flexibility index (Phi) is 5.34. The predicted octanol–water partition coefficient (Wildman–Crippen LogP) is 3.34.